The summed E-state index contributed by atoms with van der Waals surface area (Å²) in [6.45, 7) is 7.02. The highest BCUT2D eigenvalue weighted by Crippen LogP contribution is 2.17. The lowest BCUT2D eigenvalue weighted by molar-refractivity contribution is 0.0946. The summed E-state index contributed by atoms with van der Waals surface area (Å²) in [5, 5.41) is 3.02. The molecule has 0 heterocycles. The van der Waals surface area contributed by atoms with E-state index in [2.05, 4.69) is 19.2 Å². The average molecular weight is 262 g/mol. The van der Waals surface area contributed by atoms with E-state index in [1.165, 1.54) is 19.3 Å². The van der Waals surface area contributed by atoms with Gasteiger partial charge in [-0.25, -0.2) is 0 Å². The second-order valence-corrected chi connectivity index (χ2v) is 5.17. The third kappa shape index (κ3) is 4.58. The van der Waals surface area contributed by atoms with Gasteiger partial charge < -0.3 is 11.1 Å². The van der Waals surface area contributed by atoms with E-state index in [-0.39, 0.29) is 5.91 Å². The fourth-order valence-electron chi connectivity index (χ4n) is 2.27. The largest absolute Gasteiger partial charge is 0.398 e. The van der Waals surface area contributed by atoms with E-state index in [4.69, 9.17) is 5.73 Å². The van der Waals surface area contributed by atoms with E-state index in [9.17, 15) is 4.79 Å². The molecule has 0 aliphatic heterocycles. The molecular weight excluding hydrogens is 236 g/mol. The SMILES string of the molecule is CCCCC(CC)CNC(=O)c1c(C)cccc1N. The summed E-state index contributed by atoms with van der Waals surface area (Å²) in [7, 11) is 0. The summed E-state index contributed by atoms with van der Waals surface area (Å²) in [6, 6.07) is 5.56. The third-order valence-electron chi connectivity index (χ3n) is 3.63. The highest BCUT2D eigenvalue weighted by atomic mass is 16.1. The Hall–Kier alpha value is -1.51. The number of hydrogen-bond acceptors (Lipinski definition) is 2. The van der Waals surface area contributed by atoms with Gasteiger partial charge in [-0.3, -0.25) is 4.79 Å². The molecule has 0 radical (unpaired) electrons. The van der Waals surface area contributed by atoms with Crippen molar-refractivity contribution in [1.82, 2.24) is 5.32 Å². The predicted octanol–water partition coefficient (Wildman–Crippen LogP) is 3.52. The highest BCUT2D eigenvalue weighted by Gasteiger charge is 2.14. The van der Waals surface area contributed by atoms with Crippen LogP contribution in [0.3, 0.4) is 0 Å². The number of aryl methyl sites for hydroxylation is 1. The number of hydrogen-bond donors (Lipinski definition) is 2. The molecule has 19 heavy (non-hydrogen) atoms. The standard InChI is InChI=1S/C16H26N2O/c1-4-6-9-13(5-2)11-18-16(19)15-12(3)8-7-10-14(15)17/h7-8,10,13H,4-6,9,11,17H2,1-3H3,(H,18,19). The Labute approximate surface area is 116 Å². The Morgan fingerprint density at radius 2 is 2.11 bits per heavy atom. The van der Waals surface area contributed by atoms with E-state index < -0.39 is 0 Å². The number of rotatable bonds is 7. The maximum absolute atomic E-state index is 12.2. The van der Waals surface area contributed by atoms with Gasteiger partial charge in [0.2, 0.25) is 0 Å². The molecule has 0 aliphatic carbocycles. The molecule has 0 aromatic heterocycles. The molecule has 1 unspecified atom stereocenters. The molecule has 106 valence electrons. The van der Waals surface area contributed by atoms with Gasteiger partial charge in [-0.1, -0.05) is 45.2 Å². The minimum absolute atomic E-state index is 0.0504. The van der Waals surface area contributed by atoms with Gasteiger partial charge >= 0.3 is 0 Å². The smallest absolute Gasteiger partial charge is 0.253 e. The van der Waals surface area contributed by atoms with Crippen molar-refractivity contribution in [2.24, 2.45) is 5.92 Å². The van der Waals surface area contributed by atoms with Crippen molar-refractivity contribution < 1.29 is 4.79 Å². The maximum atomic E-state index is 12.2. The summed E-state index contributed by atoms with van der Waals surface area (Å²) in [5.41, 5.74) is 7.98. The van der Waals surface area contributed by atoms with Gasteiger partial charge in [0.25, 0.3) is 5.91 Å². The lowest BCUT2D eigenvalue weighted by atomic mass is 9.99. The number of carbonyl (C=O) groups excluding carboxylic acids is 1. The molecule has 1 aromatic carbocycles. The van der Waals surface area contributed by atoms with Crippen LogP contribution in [-0.4, -0.2) is 12.5 Å². The molecule has 3 N–H and O–H groups in total. The van der Waals surface area contributed by atoms with Crippen molar-refractivity contribution in [2.45, 2.75) is 46.5 Å². The van der Waals surface area contributed by atoms with Crippen LogP contribution in [0.15, 0.2) is 18.2 Å². The number of carbonyl (C=O) groups is 1. The van der Waals surface area contributed by atoms with Gasteiger partial charge in [0.15, 0.2) is 0 Å². The van der Waals surface area contributed by atoms with Crippen LogP contribution in [0.25, 0.3) is 0 Å². The van der Waals surface area contributed by atoms with Crippen LogP contribution in [0.2, 0.25) is 0 Å². The number of unbranched alkanes of at least 4 members (excludes halogenated alkanes) is 1. The van der Waals surface area contributed by atoms with Crippen molar-refractivity contribution in [1.29, 1.82) is 0 Å². The van der Waals surface area contributed by atoms with Gasteiger partial charge in [-0.2, -0.15) is 0 Å². The molecule has 0 aliphatic rings. The maximum Gasteiger partial charge on any atom is 0.253 e. The number of nitrogen functional groups attached to an aromatic ring is 1. The van der Waals surface area contributed by atoms with E-state index >= 15 is 0 Å². The lowest BCUT2D eigenvalue weighted by Crippen LogP contribution is -2.30. The van der Waals surface area contributed by atoms with Crippen molar-refractivity contribution >= 4 is 11.6 Å². The Kier molecular flexibility index (Phi) is 6.40. The van der Waals surface area contributed by atoms with Crippen molar-refractivity contribution in [2.75, 3.05) is 12.3 Å². The van der Waals surface area contributed by atoms with Crippen LogP contribution in [0.1, 0.15) is 55.5 Å². The zero-order chi connectivity index (χ0) is 14.3. The minimum Gasteiger partial charge on any atom is -0.398 e. The van der Waals surface area contributed by atoms with Crippen LogP contribution in [0.5, 0.6) is 0 Å². The zero-order valence-electron chi connectivity index (χ0n) is 12.3. The van der Waals surface area contributed by atoms with Gasteiger partial charge in [0.1, 0.15) is 0 Å². The van der Waals surface area contributed by atoms with Crippen molar-refractivity contribution in [3.63, 3.8) is 0 Å². The molecule has 0 spiro atoms. The van der Waals surface area contributed by atoms with Gasteiger partial charge in [0.05, 0.1) is 5.56 Å². The molecule has 0 bridgehead atoms. The van der Waals surface area contributed by atoms with Crippen LogP contribution in [0, 0.1) is 12.8 Å². The molecular formula is C16H26N2O. The quantitative estimate of drug-likeness (QED) is 0.739. The first-order chi connectivity index (χ1) is 9.10. The van der Waals surface area contributed by atoms with E-state index in [0.717, 1.165) is 18.5 Å². The highest BCUT2D eigenvalue weighted by molar-refractivity contribution is 6.00. The number of amides is 1. The molecule has 1 aromatic rings. The molecule has 3 heteroatoms. The molecule has 1 atom stereocenters. The van der Waals surface area contributed by atoms with E-state index in [0.29, 0.717) is 17.2 Å². The summed E-state index contributed by atoms with van der Waals surface area (Å²) < 4.78 is 0. The normalized spacial score (nSPS) is 12.2. The summed E-state index contributed by atoms with van der Waals surface area (Å²) >= 11 is 0. The molecule has 0 saturated carbocycles. The van der Waals surface area contributed by atoms with Gasteiger partial charge in [0, 0.05) is 12.2 Å². The fraction of sp³-hybridized carbons (Fsp3) is 0.562. The van der Waals surface area contributed by atoms with E-state index in [1.54, 1.807) is 6.07 Å². The van der Waals surface area contributed by atoms with Crippen LogP contribution < -0.4 is 11.1 Å². The van der Waals surface area contributed by atoms with Crippen LogP contribution in [-0.2, 0) is 0 Å². The lowest BCUT2D eigenvalue weighted by Gasteiger charge is -2.16. The predicted molar refractivity (Wildman–Crippen MR) is 81.2 cm³/mol. The summed E-state index contributed by atoms with van der Waals surface area (Å²) in [4.78, 5) is 12.2. The molecule has 0 saturated heterocycles. The topological polar surface area (TPSA) is 55.1 Å². The van der Waals surface area contributed by atoms with Crippen LogP contribution in [0.4, 0.5) is 5.69 Å². The van der Waals surface area contributed by atoms with Gasteiger partial charge in [-0.05, 0) is 30.9 Å². The monoisotopic (exact) mass is 262 g/mol. The van der Waals surface area contributed by atoms with Gasteiger partial charge in [-0.15, -0.1) is 0 Å². The zero-order valence-corrected chi connectivity index (χ0v) is 12.3. The van der Waals surface area contributed by atoms with Crippen LogP contribution >= 0.6 is 0 Å². The number of benzene rings is 1. The Morgan fingerprint density at radius 1 is 1.37 bits per heavy atom. The number of anilines is 1. The summed E-state index contributed by atoms with van der Waals surface area (Å²) in [6.07, 6.45) is 4.70. The summed E-state index contributed by atoms with van der Waals surface area (Å²) in [5.74, 6) is 0.514. The second kappa shape index (κ2) is 7.82. The number of nitrogens with one attached hydrogen (secondary N) is 1. The van der Waals surface area contributed by atoms with Crippen molar-refractivity contribution in [3.8, 4) is 0 Å². The fourth-order valence-corrected chi connectivity index (χ4v) is 2.27. The van der Waals surface area contributed by atoms with E-state index in [1.807, 2.05) is 19.1 Å². The third-order valence-corrected chi connectivity index (χ3v) is 3.63. The first kappa shape index (κ1) is 15.5. The average Bonchev–Trinajstić information content (AvgIpc) is 2.38. The first-order valence-electron chi connectivity index (χ1n) is 7.23. The molecule has 1 amide bonds. The molecule has 0 fully saturated rings. The first-order valence-corrected chi connectivity index (χ1v) is 7.23. The Morgan fingerprint density at radius 3 is 2.68 bits per heavy atom. The number of nitrogens with two attached hydrogens (primary N) is 1. The van der Waals surface area contributed by atoms with Crippen molar-refractivity contribution in [3.05, 3.63) is 29.3 Å². The Balaban J connectivity index is 2.59. The second-order valence-electron chi connectivity index (χ2n) is 5.17. The molecule has 3 nitrogen and oxygen atoms in total. The molecule has 1 rings (SSSR count). The minimum atomic E-state index is -0.0504. The Bertz CT molecular complexity index is 395.